The summed E-state index contributed by atoms with van der Waals surface area (Å²) in [6, 6.07) is 4.21. The first-order chi connectivity index (χ1) is 10.1. The number of hydrogen-bond acceptors (Lipinski definition) is 4. The second-order valence-electron chi connectivity index (χ2n) is 5.04. The summed E-state index contributed by atoms with van der Waals surface area (Å²) in [4.78, 5) is 6.46. The summed E-state index contributed by atoms with van der Waals surface area (Å²) in [6.07, 6.45) is 2.37. The van der Waals surface area contributed by atoms with E-state index < -0.39 is 0 Å². The van der Waals surface area contributed by atoms with Crippen LogP contribution in [0.15, 0.2) is 17.1 Å². The fourth-order valence-electron chi connectivity index (χ4n) is 2.14. The lowest BCUT2D eigenvalue weighted by molar-refractivity contribution is 0.347. The third-order valence-electron chi connectivity index (χ3n) is 3.65. The Hall–Kier alpha value is -1.38. The third kappa shape index (κ3) is 4.31. The lowest BCUT2D eigenvalue weighted by atomic mass is 10.1. The minimum atomic E-state index is 0. The van der Waals surface area contributed by atoms with Gasteiger partial charge in [-0.15, -0.1) is 24.0 Å². The maximum Gasteiger partial charge on any atom is 0.191 e. The van der Waals surface area contributed by atoms with Crippen LogP contribution in [0.4, 0.5) is 0 Å². The third-order valence-corrected chi connectivity index (χ3v) is 3.65. The molecule has 0 bridgehead atoms. The van der Waals surface area contributed by atoms with Crippen molar-refractivity contribution in [1.82, 2.24) is 4.90 Å². The lowest BCUT2D eigenvalue weighted by Crippen LogP contribution is -2.35. The van der Waals surface area contributed by atoms with Gasteiger partial charge in [-0.3, -0.25) is 0 Å². The molecule has 0 spiro atoms. The molecule has 0 aliphatic heterocycles. The fourth-order valence-corrected chi connectivity index (χ4v) is 2.14. The van der Waals surface area contributed by atoms with E-state index in [1.165, 1.54) is 12.8 Å². The van der Waals surface area contributed by atoms with Crippen LogP contribution in [0.2, 0.25) is 0 Å². The normalized spacial score (nSPS) is 14.1. The molecule has 0 heterocycles. The van der Waals surface area contributed by atoms with Crippen LogP contribution in [0.3, 0.4) is 0 Å². The number of nitrogens with zero attached hydrogens (tertiary/aromatic N) is 2. The number of benzene rings is 1. The van der Waals surface area contributed by atoms with Crippen LogP contribution in [-0.4, -0.2) is 45.3 Å². The molecule has 1 aliphatic rings. The first kappa shape index (κ1) is 18.7. The molecule has 0 atom stereocenters. The lowest BCUT2D eigenvalue weighted by Gasteiger charge is -2.17. The average Bonchev–Trinajstić information content (AvgIpc) is 3.35. The van der Waals surface area contributed by atoms with Crippen molar-refractivity contribution in [2.75, 3.05) is 28.4 Å². The summed E-state index contributed by atoms with van der Waals surface area (Å²) in [5.41, 5.74) is 6.91. The van der Waals surface area contributed by atoms with Crippen molar-refractivity contribution in [1.29, 1.82) is 0 Å². The van der Waals surface area contributed by atoms with Crippen LogP contribution in [0.5, 0.6) is 17.2 Å². The summed E-state index contributed by atoms with van der Waals surface area (Å²) >= 11 is 0. The average molecular weight is 421 g/mol. The zero-order valence-electron chi connectivity index (χ0n) is 13.5. The Morgan fingerprint density at radius 1 is 1.14 bits per heavy atom. The minimum absolute atomic E-state index is 0. The van der Waals surface area contributed by atoms with Crippen molar-refractivity contribution >= 4 is 29.9 Å². The van der Waals surface area contributed by atoms with Gasteiger partial charge in [0.25, 0.3) is 0 Å². The molecular weight excluding hydrogens is 397 g/mol. The summed E-state index contributed by atoms with van der Waals surface area (Å²) < 4.78 is 16.0. The van der Waals surface area contributed by atoms with Gasteiger partial charge in [-0.2, -0.15) is 0 Å². The van der Waals surface area contributed by atoms with Crippen LogP contribution >= 0.6 is 24.0 Å². The number of methoxy groups -OCH3 is 3. The molecule has 1 saturated carbocycles. The van der Waals surface area contributed by atoms with Crippen molar-refractivity contribution in [3.8, 4) is 17.2 Å². The van der Waals surface area contributed by atoms with E-state index in [9.17, 15) is 0 Å². The highest BCUT2D eigenvalue weighted by Crippen LogP contribution is 2.35. The van der Waals surface area contributed by atoms with E-state index in [1.54, 1.807) is 27.4 Å². The topological polar surface area (TPSA) is 69.3 Å². The van der Waals surface area contributed by atoms with Gasteiger partial charge in [0.15, 0.2) is 17.5 Å². The van der Waals surface area contributed by atoms with Gasteiger partial charge in [0.2, 0.25) is 0 Å². The molecule has 0 radical (unpaired) electrons. The van der Waals surface area contributed by atoms with E-state index in [-0.39, 0.29) is 24.0 Å². The van der Waals surface area contributed by atoms with Gasteiger partial charge in [0.1, 0.15) is 5.75 Å². The van der Waals surface area contributed by atoms with E-state index >= 15 is 0 Å². The maximum atomic E-state index is 6.00. The first-order valence-corrected chi connectivity index (χ1v) is 6.92. The standard InChI is InChI=1S/C15H23N3O3.HI/c1-18(11-5-6-11)15(16)17-9-10-7-13(20-3)14(21-4)8-12(10)19-2;/h7-8,11H,5-6,9H2,1-4H3,(H2,16,17);1H. The largest absolute Gasteiger partial charge is 0.496 e. The highest BCUT2D eigenvalue weighted by atomic mass is 127. The van der Waals surface area contributed by atoms with Gasteiger partial charge in [-0.25, -0.2) is 4.99 Å². The molecule has 6 nitrogen and oxygen atoms in total. The molecule has 1 aromatic rings. The van der Waals surface area contributed by atoms with Crippen LogP contribution in [0.1, 0.15) is 18.4 Å². The Bertz CT molecular complexity index is 533. The predicted octanol–water partition coefficient (Wildman–Crippen LogP) is 2.24. The van der Waals surface area contributed by atoms with Crippen molar-refractivity contribution in [2.24, 2.45) is 10.7 Å². The Morgan fingerprint density at radius 2 is 1.68 bits per heavy atom. The molecule has 0 saturated heterocycles. The van der Waals surface area contributed by atoms with E-state index in [2.05, 4.69) is 4.99 Å². The van der Waals surface area contributed by atoms with E-state index in [0.29, 0.717) is 35.8 Å². The maximum absolute atomic E-state index is 6.00. The van der Waals surface area contributed by atoms with E-state index in [0.717, 1.165) is 5.56 Å². The number of hydrogen-bond donors (Lipinski definition) is 1. The molecule has 22 heavy (non-hydrogen) atoms. The first-order valence-electron chi connectivity index (χ1n) is 6.92. The number of ether oxygens (including phenoxy) is 3. The van der Waals surface area contributed by atoms with Gasteiger partial charge in [0.05, 0.1) is 27.9 Å². The zero-order chi connectivity index (χ0) is 15.4. The molecule has 7 heteroatoms. The Labute approximate surface area is 148 Å². The predicted molar refractivity (Wildman–Crippen MR) is 97.6 cm³/mol. The molecule has 1 aromatic carbocycles. The summed E-state index contributed by atoms with van der Waals surface area (Å²) in [5.74, 6) is 2.54. The quantitative estimate of drug-likeness (QED) is 0.434. The number of nitrogens with two attached hydrogens (primary N) is 1. The summed E-state index contributed by atoms with van der Waals surface area (Å²) in [7, 11) is 6.79. The monoisotopic (exact) mass is 421 g/mol. The molecule has 1 aliphatic carbocycles. The van der Waals surface area contributed by atoms with Crippen molar-refractivity contribution in [2.45, 2.75) is 25.4 Å². The van der Waals surface area contributed by atoms with Gasteiger partial charge in [0, 0.05) is 24.7 Å². The molecule has 0 aromatic heterocycles. The number of aliphatic imine (C=N–C) groups is 1. The van der Waals surface area contributed by atoms with Crippen molar-refractivity contribution < 1.29 is 14.2 Å². The van der Waals surface area contributed by atoms with Gasteiger partial charge >= 0.3 is 0 Å². The molecule has 124 valence electrons. The second-order valence-corrected chi connectivity index (χ2v) is 5.04. The van der Waals surface area contributed by atoms with E-state index in [1.807, 2.05) is 18.0 Å². The van der Waals surface area contributed by atoms with Crippen LogP contribution in [0.25, 0.3) is 0 Å². The van der Waals surface area contributed by atoms with E-state index in [4.69, 9.17) is 19.9 Å². The Balaban J connectivity index is 0.00000242. The van der Waals surface area contributed by atoms with Crippen LogP contribution in [-0.2, 0) is 6.54 Å². The van der Waals surface area contributed by atoms with Gasteiger partial charge in [-0.1, -0.05) is 0 Å². The molecule has 0 amide bonds. The highest BCUT2D eigenvalue weighted by molar-refractivity contribution is 14.0. The SMILES string of the molecule is COc1cc(OC)c(OC)cc1CN=C(N)N(C)C1CC1.I. The zero-order valence-corrected chi connectivity index (χ0v) is 15.8. The van der Waals surface area contributed by atoms with Crippen molar-refractivity contribution in [3.05, 3.63) is 17.7 Å². The molecule has 2 rings (SSSR count). The molecule has 1 fully saturated rings. The number of halogens is 1. The Morgan fingerprint density at radius 3 is 2.18 bits per heavy atom. The summed E-state index contributed by atoms with van der Waals surface area (Å²) in [5, 5.41) is 0. The molecule has 2 N–H and O–H groups in total. The summed E-state index contributed by atoms with van der Waals surface area (Å²) in [6.45, 7) is 0.437. The van der Waals surface area contributed by atoms with Gasteiger partial charge < -0.3 is 24.8 Å². The fraction of sp³-hybridized carbons (Fsp3) is 0.533. The smallest absolute Gasteiger partial charge is 0.191 e. The highest BCUT2D eigenvalue weighted by Gasteiger charge is 2.27. The second kappa shape index (κ2) is 8.30. The van der Waals surface area contributed by atoms with Gasteiger partial charge in [-0.05, 0) is 18.9 Å². The Kier molecular flexibility index (Phi) is 7.05. The number of rotatable bonds is 6. The number of guanidine groups is 1. The molecular formula is C15H24IN3O3. The van der Waals surface area contributed by atoms with Crippen LogP contribution < -0.4 is 19.9 Å². The molecule has 0 unspecified atom stereocenters. The minimum Gasteiger partial charge on any atom is -0.496 e. The van der Waals surface area contributed by atoms with Crippen LogP contribution in [0, 0.1) is 0 Å². The van der Waals surface area contributed by atoms with Crippen molar-refractivity contribution in [3.63, 3.8) is 0 Å².